The molecule has 2 atom stereocenters. The molecule has 1 aliphatic rings. The maximum Gasteiger partial charge on any atom is 0.192 e. The van der Waals surface area contributed by atoms with Crippen molar-refractivity contribution in [1.82, 2.24) is 0 Å². The summed E-state index contributed by atoms with van der Waals surface area (Å²) in [5.74, 6) is 0.686. The van der Waals surface area contributed by atoms with E-state index in [1.54, 1.807) is 0 Å². The van der Waals surface area contributed by atoms with E-state index >= 15 is 0 Å². The van der Waals surface area contributed by atoms with Crippen LogP contribution >= 0.6 is 0 Å². The normalized spacial score (nSPS) is 19.5. The molecule has 0 saturated heterocycles. The predicted octanol–water partition coefficient (Wildman–Crippen LogP) is 7.13. The molecule has 0 N–H and O–H groups in total. The molecule has 1 aliphatic carbocycles. The van der Waals surface area contributed by atoms with Gasteiger partial charge in [0.15, 0.2) is 8.32 Å². The highest BCUT2D eigenvalue weighted by Gasteiger charge is 2.46. The van der Waals surface area contributed by atoms with Gasteiger partial charge in [-0.05, 0) is 36.9 Å². The summed E-state index contributed by atoms with van der Waals surface area (Å²) in [7, 11) is -3.57. The van der Waals surface area contributed by atoms with Crippen molar-refractivity contribution in [3.8, 4) is 0 Å². The first-order chi connectivity index (χ1) is 12.5. The van der Waals surface area contributed by atoms with Gasteiger partial charge in [-0.15, -0.1) is 6.58 Å². The number of hydrogen-bond acceptors (Lipinski definition) is 1. The quantitative estimate of drug-likeness (QED) is 0.348. The Labute approximate surface area is 170 Å². The van der Waals surface area contributed by atoms with E-state index in [2.05, 4.69) is 89.9 Å². The highest BCUT2D eigenvalue weighted by Crippen LogP contribution is 2.44. The summed E-state index contributed by atoms with van der Waals surface area (Å²) in [4.78, 5) is 0. The van der Waals surface area contributed by atoms with Crippen LogP contribution in [0.2, 0.25) is 36.8 Å². The van der Waals surface area contributed by atoms with Gasteiger partial charge in [0.1, 0.15) is 0 Å². The zero-order valence-corrected chi connectivity index (χ0v) is 20.8. The smallest absolute Gasteiger partial charge is 0.192 e. The van der Waals surface area contributed by atoms with Crippen molar-refractivity contribution in [3.05, 3.63) is 43.0 Å². The van der Waals surface area contributed by atoms with E-state index in [1.165, 1.54) is 37.3 Å². The van der Waals surface area contributed by atoms with Crippen LogP contribution in [-0.4, -0.2) is 22.5 Å². The molecule has 0 aromatic heterocycles. The van der Waals surface area contributed by atoms with Crippen LogP contribution in [-0.2, 0) is 4.43 Å². The molecule has 1 saturated carbocycles. The Balaban J connectivity index is 2.41. The van der Waals surface area contributed by atoms with Gasteiger partial charge in [-0.3, -0.25) is 0 Å². The van der Waals surface area contributed by atoms with Crippen LogP contribution in [0, 0.1) is 5.92 Å². The molecule has 0 radical (unpaired) electrons. The fourth-order valence-electron chi connectivity index (χ4n) is 4.34. The minimum atomic E-state index is -1.84. The van der Waals surface area contributed by atoms with Crippen molar-refractivity contribution >= 4 is 21.6 Å². The van der Waals surface area contributed by atoms with Crippen molar-refractivity contribution in [2.24, 2.45) is 5.92 Å². The van der Waals surface area contributed by atoms with E-state index in [0.717, 1.165) is 0 Å². The van der Waals surface area contributed by atoms with Crippen LogP contribution in [0.15, 0.2) is 43.0 Å². The molecule has 1 fully saturated rings. The summed E-state index contributed by atoms with van der Waals surface area (Å²) >= 11 is 0. The third-order valence-corrected chi connectivity index (χ3v) is 15.8. The van der Waals surface area contributed by atoms with E-state index in [-0.39, 0.29) is 5.04 Å². The van der Waals surface area contributed by atoms with Gasteiger partial charge in [-0.25, -0.2) is 0 Å². The van der Waals surface area contributed by atoms with Gasteiger partial charge in [0.05, 0.1) is 14.2 Å². The van der Waals surface area contributed by atoms with E-state index in [0.29, 0.717) is 17.6 Å². The lowest BCUT2D eigenvalue weighted by Gasteiger charge is -2.47. The zero-order valence-electron chi connectivity index (χ0n) is 18.8. The molecule has 0 spiro atoms. The van der Waals surface area contributed by atoms with Crippen LogP contribution in [0.3, 0.4) is 0 Å². The summed E-state index contributed by atoms with van der Waals surface area (Å²) in [5, 5.41) is 1.76. The Bertz CT molecular complexity index is 595. The molecular weight excluding hydrogens is 360 g/mol. The number of hydrogen-bond donors (Lipinski definition) is 0. The average Bonchev–Trinajstić information content (AvgIpc) is 2.61. The topological polar surface area (TPSA) is 9.23 Å². The number of rotatable bonds is 7. The van der Waals surface area contributed by atoms with Gasteiger partial charge in [0, 0.05) is 5.54 Å². The first kappa shape index (κ1) is 22.6. The third kappa shape index (κ3) is 5.24. The Morgan fingerprint density at radius 3 is 2.04 bits per heavy atom. The maximum atomic E-state index is 7.21. The van der Waals surface area contributed by atoms with Crippen LogP contribution in [0.4, 0.5) is 0 Å². The average molecular weight is 403 g/mol. The van der Waals surface area contributed by atoms with Crippen LogP contribution in [0.5, 0.6) is 0 Å². The molecule has 0 unspecified atom stereocenters. The van der Waals surface area contributed by atoms with Crippen LogP contribution < -0.4 is 5.19 Å². The molecule has 2 rings (SSSR count). The van der Waals surface area contributed by atoms with Crippen molar-refractivity contribution in [3.63, 3.8) is 0 Å². The Morgan fingerprint density at radius 1 is 1.00 bits per heavy atom. The van der Waals surface area contributed by atoms with Crippen molar-refractivity contribution < 1.29 is 4.43 Å². The van der Waals surface area contributed by atoms with Crippen molar-refractivity contribution in [2.75, 3.05) is 0 Å². The molecule has 27 heavy (non-hydrogen) atoms. The van der Waals surface area contributed by atoms with E-state index < -0.39 is 16.4 Å². The third-order valence-electron chi connectivity index (χ3n) is 7.31. The first-order valence-electron chi connectivity index (χ1n) is 10.9. The van der Waals surface area contributed by atoms with Gasteiger partial charge in [0.2, 0.25) is 0 Å². The molecule has 0 amide bonds. The van der Waals surface area contributed by atoms with Crippen molar-refractivity contribution in [1.29, 1.82) is 0 Å². The van der Waals surface area contributed by atoms with E-state index in [4.69, 9.17) is 4.43 Å². The van der Waals surface area contributed by atoms with E-state index in [1.807, 2.05) is 0 Å². The second-order valence-electron chi connectivity index (χ2n) is 10.6. The lowest BCUT2D eigenvalue weighted by Crippen LogP contribution is -2.55. The zero-order chi connectivity index (χ0) is 20.3. The van der Waals surface area contributed by atoms with Gasteiger partial charge in [0.25, 0.3) is 0 Å². The Morgan fingerprint density at radius 2 is 1.56 bits per heavy atom. The summed E-state index contributed by atoms with van der Waals surface area (Å²) in [6.45, 7) is 21.3. The molecule has 0 heterocycles. The largest absolute Gasteiger partial charge is 0.413 e. The number of benzene rings is 1. The fourth-order valence-corrected chi connectivity index (χ4v) is 9.04. The summed E-state index contributed by atoms with van der Waals surface area (Å²) in [6, 6.07) is 11.2. The second kappa shape index (κ2) is 8.79. The molecule has 152 valence electrons. The van der Waals surface area contributed by atoms with Crippen LogP contribution in [0.25, 0.3) is 0 Å². The van der Waals surface area contributed by atoms with Crippen molar-refractivity contribution in [2.45, 2.75) is 95.7 Å². The Kier molecular flexibility index (Phi) is 7.37. The molecular formula is C24H42OSi2. The standard InChI is InChI=1S/C24H42OSi2/c1-9-22(26(5,6)21-18-14-11-15-19-21)23(20-16-12-10-13-17-20)25-27(7,8)24(2,3)4/h9,11,14-15,18-20,22-23H,1,10,12-13,16-17H2,2-8H3/t22-,23+/m1/s1. The predicted molar refractivity (Wildman–Crippen MR) is 126 cm³/mol. The van der Waals surface area contributed by atoms with Gasteiger partial charge in [-0.1, -0.05) is 94.7 Å². The monoisotopic (exact) mass is 402 g/mol. The highest BCUT2D eigenvalue weighted by atomic mass is 28.4. The molecule has 0 bridgehead atoms. The first-order valence-corrected chi connectivity index (χ1v) is 16.8. The maximum absolute atomic E-state index is 7.21. The molecule has 1 aromatic rings. The van der Waals surface area contributed by atoms with E-state index in [9.17, 15) is 0 Å². The minimum Gasteiger partial charge on any atom is -0.413 e. The fraction of sp³-hybridized carbons (Fsp3) is 0.667. The Hall–Kier alpha value is -0.646. The highest BCUT2D eigenvalue weighted by molar-refractivity contribution is 6.91. The summed E-state index contributed by atoms with van der Waals surface area (Å²) < 4.78 is 7.21. The van der Waals surface area contributed by atoms with Gasteiger partial charge in [-0.2, -0.15) is 0 Å². The summed E-state index contributed by atoms with van der Waals surface area (Å²) in [6.07, 6.45) is 9.34. The molecule has 1 nitrogen and oxygen atoms in total. The van der Waals surface area contributed by atoms with Crippen LogP contribution in [0.1, 0.15) is 52.9 Å². The molecule has 1 aromatic carbocycles. The lowest BCUT2D eigenvalue weighted by molar-refractivity contribution is 0.0946. The molecule has 3 heteroatoms. The summed E-state index contributed by atoms with van der Waals surface area (Å²) in [5.41, 5.74) is 0.456. The van der Waals surface area contributed by atoms with Gasteiger partial charge < -0.3 is 4.43 Å². The SMILES string of the molecule is C=C[C@H]([C@@H](O[Si](C)(C)C(C)(C)C)C1CCCCC1)[Si](C)(C)c1ccccc1. The molecule has 0 aliphatic heterocycles. The lowest BCUT2D eigenvalue weighted by atomic mass is 9.84. The minimum absolute atomic E-state index is 0.240. The second-order valence-corrected chi connectivity index (χ2v) is 20.0. The van der Waals surface area contributed by atoms with Gasteiger partial charge >= 0.3 is 0 Å².